The maximum Gasteiger partial charge on any atom is 0.455 e. The van der Waals surface area contributed by atoms with E-state index in [2.05, 4.69) is 0 Å². The van der Waals surface area contributed by atoms with Gasteiger partial charge in [-0.15, -0.1) is 11.3 Å². The molecule has 1 unspecified atom stereocenters. The summed E-state index contributed by atoms with van der Waals surface area (Å²) >= 11 is 1.36. The largest absolute Gasteiger partial charge is 0.455 e. The van der Waals surface area contributed by atoms with Gasteiger partial charge in [0.2, 0.25) is 0 Å². The van der Waals surface area contributed by atoms with Gasteiger partial charge >= 0.3 is 18.0 Å². The van der Waals surface area contributed by atoms with Crippen molar-refractivity contribution in [3.05, 3.63) is 80.0 Å². The smallest absolute Gasteiger partial charge is 0.392 e. The summed E-state index contributed by atoms with van der Waals surface area (Å²) in [5, 5.41) is 29.6. The molecule has 1 atom stereocenters. The molecular weight excluding hydrogens is 494 g/mol. The fourth-order valence-electron chi connectivity index (χ4n) is 3.99. The minimum Gasteiger partial charge on any atom is -0.392 e. The molecule has 190 valence electrons. The maximum atomic E-state index is 14.5. The number of hydrogen-bond acceptors (Lipinski definition) is 4. The highest BCUT2D eigenvalue weighted by Gasteiger charge is 2.71. The molecular formula is C25H24F6O3S. The van der Waals surface area contributed by atoms with Crippen LogP contribution in [0.4, 0.5) is 26.3 Å². The lowest BCUT2D eigenvalue weighted by Crippen LogP contribution is -2.53. The zero-order valence-electron chi connectivity index (χ0n) is 18.9. The molecule has 3 aromatic rings. The summed E-state index contributed by atoms with van der Waals surface area (Å²) in [5.74, 6) is -10.9. The van der Waals surface area contributed by atoms with Crippen LogP contribution in [0.5, 0.6) is 0 Å². The highest BCUT2D eigenvalue weighted by molar-refractivity contribution is 7.10. The quantitative estimate of drug-likeness (QED) is 0.315. The van der Waals surface area contributed by atoms with E-state index in [9.17, 15) is 36.6 Å². The first-order valence-corrected chi connectivity index (χ1v) is 11.5. The van der Waals surface area contributed by atoms with Crippen LogP contribution in [0.2, 0.25) is 0 Å². The highest BCUT2D eigenvalue weighted by Crippen LogP contribution is 2.51. The van der Waals surface area contributed by atoms with Crippen LogP contribution in [0.25, 0.3) is 11.1 Å². The van der Waals surface area contributed by atoms with E-state index in [4.69, 9.17) is 5.11 Å². The molecule has 10 heteroatoms. The molecule has 2 aromatic carbocycles. The molecule has 3 nitrogen and oxygen atoms in total. The molecule has 0 saturated heterocycles. The number of aliphatic hydroxyl groups excluding tert-OH is 2. The Labute approximate surface area is 202 Å². The number of aryl methyl sites for hydroxylation is 2. The zero-order valence-corrected chi connectivity index (χ0v) is 19.7. The van der Waals surface area contributed by atoms with E-state index in [1.807, 2.05) is 6.07 Å². The number of thiophene rings is 1. The third kappa shape index (κ3) is 4.97. The van der Waals surface area contributed by atoms with Gasteiger partial charge in [-0.05, 0) is 71.0 Å². The van der Waals surface area contributed by atoms with Gasteiger partial charge in [0.25, 0.3) is 0 Å². The molecule has 0 bridgehead atoms. The van der Waals surface area contributed by atoms with Crippen molar-refractivity contribution in [2.45, 2.75) is 57.9 Å². The SMILES string of the molecule is Cc1c(-c2csc(CCc3ccc(CO)c(CO)c3)c2C)cccc1C(F)(F)C(O)(F)C(F)(F)F. The second-order valence-corrected chi connectivity index (χ2v) is 9.25. The standard InChI is InChI=1S/C25H24F6O3S/c1-14-19(4-3-5-21(14)23(26,27)24(28,34)25(29,30)31)20-13-35-22(15(20)2)9-7-16-6-8-17(11-32)18(10-16)12-33/h3-6,8,10,13,32-34H,7,9,11-12H2,1-2H3. The lowest BCUT2D eigenvalue weighted by Gasteiger charge is -2.31. The van der Waals surface area contributed by atoms with Gasteiger partial charge in [0.15, 0.2) is 0 Å². The minimum atomic E-state index is -6.18. The Morgan fingerprint density at radius 3 is 2.06 bits per heavy atom. The number of aliphatic hydroxyl groups is 3. The van der Waals surface area contributed by atoms with Crippen LogP contribution in [-0.4, -0.2) is 27.4 Å². The van der Waals surface area contributed by atoms with Gasteiger partial charge in [-0.3, -0.25) is 0 Å². The van der Waals surface area contributed by atoms with Gasteiger partial charge in [0.1, 0.15) is 0 Å². The summed E-state index contributed by atoms with van der Waals surface area (Å²) in [6, 6.07) is 8.60. The van der Waals surface area contributed by atoms with E-state index in [1.165, 1.54) is 24.3 Å². The molecule has 3 rings (SSSR count). The van der Waals surface area contributed by atoms with E-state index in [1.54, 1.807) is 24.4 Å². The van der Waals surface area contributed by atoms with Crippen LogP contribution < -0.4 is 0 Å². The van der Waals surface area contributed by atoms with Crippen LogP contribution in [0, 0.1) is 13.8 Å². The summed E-state index contributed by atoms with van der Waals surface area (Å²) in [5.41, 5.74) is 2.16. The monoisotopic (exact) mass is 518 g/mol. The predicted molar refractivity (Wildman–Crippen MR) is 121 cm³/mol. The number of hydrogen-bond donors (Lipinski definition) is 3. The van der Waals surface area contributed by atoms with Crippen LogP contribution in [0.15, 0.2) is 41.8 Å². The average molecular weight is 519 g/mol. The maximum absolute atomic E-state index is 14.5. The first-order chi connectivity index (χ1) is 16.3. The third-order valence-electron chi connectivity index (χ3n) is 6.15. The van der Waals surface area contributed by atoms with E-state index < -0.39 is 23.5 Å². The van der Waals surface area contributed by atoms with Crippen LogP contribution >= 0.6 is 11.3 Å². The average Bonchev–Trinajstić information content (AvgIpc) is 3.16. The molecule has 3 N–H and O–H groups in total. The van der Waals surface area contributed by atoms with Crippen molar-refractivity contribution in [3.63, 3.8) is 0 Å². The molecule has 0 amide bonds. The first kappa shape index (κ1) is 27.2. The molecule has 1 heterocycles. The van der Waals surface area contributed by atoms with Crippen molar-refractivity contribution in [3.8, 4) is 11.1 Å². The summed E-state index contributed by atoms with van der Waals surface area (Å²) in [4.78, 5) is 0.922. The summed E-state index contributed by atoms with van der Waals surface area (Å²) in [7, 11) is 0. The van der Waals surface area contributed by atoms with Gasteiger partial charge in [0.05, 0.1) is 13.2 Å². The normalized spacial score (nSPS) is 14.3. The molecule has 0 aliphatic carbocycles. The molecule has 0 aliphatic rings. The third-order valence-corrected chi connectivity index (χ3v) is 7.30. The highest BCUT2D eigenvalue weighted by atomic mass is 32.1. The van der Waals surface area contributed by atoms with Gasteiger partial charge in [-0.25, -0.2) is 0 Å². The molecule has 0 aliphatic heterocycles. The van der Waals surface area contributed by atoms with Gasteiger partial charge in [0, 0.05) is 10.4 Å². The zero-order chi connectivity index (χ0) is 26.2. The Bertz CT molecular complexity index is 1200. The Hall–Kier alpha value is -2.40. The van der Waals surface area contributed by atoms with E-state index in [0.717, 1.165) is 22.1 Å². The van der Waals surface area contributed by atoms with Crippen molar-refractivity contribution in [1.82, 2.24) is 0 Å². The first-order valence-electron chi connectivity index (χ1n) is 10.6. The second kappa shape index (κ2) is 9.93. The summed E-state index contributed by atoms with van der Waals surface area (Å²) < 4.78 is 81.4. The number of alkyl halides is 6. The number of benzene rings is 2. The van der Waals surface area contributed by atoms with Gasteiger partial charge in [-0.2, -0.15) is 26.3 Å². The minimum absolute atomic E-state index is 0.191. The van der Waals surface area contributed by atoms with E-state index in [0.29, 0.717) is 35.6 Å². The van der Waals surface area contributed by atoms with Crippen molar-refractivity contribution >= 4 is 11.3 Å². The predicted octanol–water partition coefficient (Wildman–Crippen LogP) is 6.11. The Kier molecular flexibility index (Phi) is 7.71. The van der Waals surface area contributed by atoms with Gasteiger partial charge in [-0.1, -0.05) is 36.4 Å². The number of rotatable bonds is 8. The van der Waals surface area contributed by atoms with Crippen molar-refractivity contribution in [2.75, 3.05) is 0 Å². The number of halogens is 6. The summed E-state index contributed by atoms with van der Waals surface area (Å²) in [6.45, 7) is 2.53. The lowest BCUT2D eigenvalue weighted by atomic mass is 9.90. The second-order valence-electron chi connectivity index (χ2n) is 8.29. The molecule has 0 saturated carbocycles. The van der Waals surface area contributed by atoms with Crippen molar-refractivity contribution in [2.24, 2.45) is 0 Å². The molecule has 1 aromatic heterocycles. The Morgan fingerprint density at radius 2 is 1.46 bits per heavy atom. The Balaban J connectivity index is 1.91. The fourth-order valence-corrected chi connectivity index (χ4v) is 5.06. The topological polar surface area (TPSA) is 60.7 Å². The molecule has 0 radical (unpaired) electrons. The fraction of sp³-hybridized carbons (Fsp3) is 0.360. The van der Waals surface area contributed by atoms with Crippen LogP contribution in [0.1, 0.15) is 38.3 Å². The molecule has 35 heavy (non-hydrogen) atoms. The van der Waals surface area contributed by atoms with Crippen molar-refractivity contribution in [1.29, 1.82) is 0 Å². The van der Waals surface area contributed by atoms with Crippen LogP contribution in [-0.2, 0) is 32.0 Å². The van der Waals surface area contributed by atoms with E-state index >= 15 is 0 Å². The van der Waals surface area contributed by atoms with Crippen LogP contribution in [0.3, 0.4) is 0 Å². The molecule has 0 spiro atoms. The Morgan fingerprint density at radius 1 is 0.800 bits per heavy atom. The lowest BCUT2D eigenvalue weighted by molar-refractivity contribution is -0.390. The summed E-state index contributed by atoms with van der Waals surface area (Å²) in [6.07, 6.45) is -5.01. The molecule has 0 fully saturated rings. The van der Waals surface area contributed by atoms with Gasteiger partial charge < -0.3 is 15.3 Å². The van der Waals surface area contributed by atoms with Crippen molar-refractivity contribution < 1.29 is 41.7 Å². The van der Waals surface area contributed by atoms with E-state index in [-0.39, 0.29) is 24.3 Å².